The first-order valence-corrected chi connectivity index (χ1v) is 7.58. The van der Waals surface area contributed by atoms with Gasteiger partial charge in [-0.25, -0.2) is 4.39 Å². The van der Waals surface area contributed by atoms with Crippen molar-refractivity contribution >= 4 is 21.8 Å². The Morgan fingerprint density at radius 1 is 1.47 bits per heavy atom. The Morgan fingerprint density at radius 3 is 2.95 bits per heavy atom. The van der Waals surface area contributed by atoms with Gasteiger partial charge in [0.25, 0.3) is 0 Å². The molecule has 3 rings (SSSR count). The number of amides is 1. The quantitative estimate of drug-likeness (QED) is 0.782. The Morgan fingerprint density at radius 2 is 2.26 bits per heavy atom. The summed E-state index contributed by atoms with van der Waals surface area (Å²) in [6, 6.07) is 4.61. The molecule has 0 unspecified atom stereocenters. The van der Waals surface area contributed by atoms with Crippen molar-refractivity contribution < 1.29 is 13.9 Å². The molecule has 1 heterocycles. The summed E-state index contributed by atoms with van der Waals surface area (Å²) in [4.78, 5) is 13.9. The number of ether oxygens (including phenoxy) is 1. The third-order valence-electron chi connectivity index (χ3n) is 3.77. The molecule has 0 aromatic heterocycles. The predicted molar refractivity (Wildman–Crippen MR) is 72.8 cm³/mol. The monoisotopic (exact) mass is 327 g/mol. The molecule has 1 aromatic rings. The van der Waals surface area contributed by atoms with E-state index in [4.69, 9.17) is 4.74 Å². The molecule has 19 heavy (non-hydrogen) atoms. The molecular formula is C14H15BrFNO2. The maximum absolute atomic E-state index is 13.3. The van der Waals surface area contributed by atoms with Gasteiger partial charge in [0.05, 0.1) is 11.4 Å². The molecule has 2 aliphatic rings. The van der Waals surface area contributed by atoms with Crippen LogP contribution in [0.3, 0.4) is 0 Å². The predicted octanol–water partition coefficient (Wildman–Crippen LogP) is 2.72. The lowest BCUT2D eigenvalue weighted by Gasteiger charge is -2.28. The molecule has 1 aliphatic heterocycles. The molecule has 1 atom stereocenters. The van der Waals surface area contributed by atoms with E-state index in [1.165, 1.54) is 12.1 Å². The second kappa shape index (κ2) is 5.12. The zero-order valence-corrected chi connectivity index (χ0v) is 12.0. The van der Waals surface area contributed by atoms with Gasteiger partial charge < -0.3 is 9.64 Å². The average molecular weight is 328 g/mol. The maximum atomic E-state index is 13.3. The van der Waals surface area contributed by atoms with Crippen LogP contribution in [-0.2, 0) is 11.3 Å². The van der Waals surface area contributed by atoms with E-state index in [0.717, 1.165) is 18.4 Å². The highest BCUT2D eigenvalue weighted by Gasteiger charge is 2.39. The topological polar surface area (TPSA) is 29.5 Å². The van der Waals surface area contributed by atoms with Gasteiger partial charge in [-0.15, -0.1) is 0 Å². The lowest BCUT2D eigenvalue weighted by molar-refractivity contribution is -0.132. The lowest BCUT2D eigenvalue weighted by atomic mass is 10.1. The molecule has 3 nitrogen and oxygen atoms in total. The summed E-state index contributed by atoms with van der Waals surface area (Å²) in [5.41, 5.74) is 0.748. The minimum atomic E-state index is -0.293. The largest absolute Gasteiger partial charge is 0.491 e. The van der Waals surface area contributed by atoms with Crippen LogP contribution in [0.25, 0.3) is 0 Å². The molecule has 5 heteroatoms. The molecule has 0 bridgehead atoms. The second-order valence-electron chi connectivity index (χ2n) is 5.12. The SMILES string of the molecule is O=C(CBr)N1Cc2cc(F)ccc2OC[C@@H]1C1CC1. The summed E-state index contributed by atoms with van der Waals surface area (Å²) < 4.78 is 19.1. The fourth-order valence-electron chi connectivity index (χ4n) is 2.60. The zero-order valence-electron chi connectivity index (χ0n) is 10.4. The summed E-state index contributed by atoms with van der Waals surface area (Å²) >= 11 is 3.22. The first kappa shape index (κ1) is 12.9. The third kappa shape index (κ3) is 2.61. The Balaban J connectivity index is 1.92. The average Bonchev–Trinajstić information content (AvgIpc) is 3.22. The van der Waals surface area contributed by atoms with Crippen molar-refractivity contribution in [3.63, 3.8) is 0 Å². The van der Waals surface area contributed by atoms with E-state index in [1.54, 1.807) is 6.07 Å². The number of fused-ring (bicyclic) bond motifs is 1. The number of halogens is 2. The smallest absolute Gasteiger partial charge is 0.233 e. The van der Waals surface area contributed by atoms with Crippen LogP contribution < -0.4 is 4.74 Å². The van der Waals surface area contributed by atoms with Gasteiger partial charge in [-0.2, -0.15) is 0 Å². The fourth-order valence-corrected chi connectivity index (χ4v) is 2.92. The van der Waals surface area contributed by atoms with Gasteiger partial charge in [-0.1, -0.05) is 15.9 Å². The highest BCUT2D eigenvalue weighted by atomic mass is 79.9. The van der Waals surface area contributed by atoms with E-state index in [0.29, 0.717) is 30.1 Å². The van der Waals surface area contributed by atoms with Gasteiger partial charge >= 0.3 is 0 Å². The number of nitrogens with zero attached hydrogens (tertiary/aromatic N) is 1. The van der Waals surface area contributed by atoms with Crippen LogP contribution in [0.15, 0.2) is 18.2 Å². The summed E-state index contributed by atoms with van der Waals surface area (Å²) in [7, 11) is 0. The number of alkyl halides is 1. The molecule has 1 fully saturated rings. The summed E-state index contributed by atoms with van der Waals surface area (Å²) in [5.74, 6) is 0.968. The molecule has 0 N–H and O–H groups in total. The van der Waals surface area contributed by atoms with Crippen LogP contribution in [0.1, 0.15) is 18.4 Å². The molecular weight excluding hydrogens is 313 g/mol. The minimum Gasteiger partial charge on any atom is -0.491 e. The first-order valence-electron chi connectivity index (χ1n) is 6.45. The van der Waals surface area contributed by atoms with Crippen LogP contribution >= 0.6 is 15.9 Å². The second-order valence-corrected chi connectivity index (χ2v) is 5.68. The molecule has 0 radical (unpaired) electrons. The molecule has 1 saturated carbocycles. The maximum Gasteiger partial charge on any atom is 0.233 e. The van der Waals surface area contributed by atoms with Crippen molar-refractivity contribution in [1.82, 2.24) is 4.90 Å². The molecule has 0 spiro atoms. The van der Waals surface area contributed by atoms with Gasteiger partial charge in [-0.3, -0.25) is 4.79 Å². The van der Waals surface area contributed by atoms with Gasteiger partial charge in [0, 0.05) is 12.1 Å². The number of rotatable bonds is 2. The molecule has 0 saturated heterocycles. The Hall–Kier alpha value is -1.10. The summed E-state index contributed by atoms with van der Waals surface area (Å²) in [6.45, 7) is 0.931. The van der Waals surface area contributed by atoms with Crippen molar-refractivity contribution in [2.24, 2.45) is 5.92 Å². The molecule has 1 aliphatic carbocycles. The van der Waals surface area contributed by atoms with Gasteiger partial charge in [0.2, 0.25) is 5.91 Å². The number of benzene rings is 1. The standard InChI is InChI=1S/C14H15BrFNO2/c15-6-14(18)17-7-10-5-11(16)3-4-13(10)19-8-12(17)9-1-2-9/h3-5,9,12H,1-2,6-8H2/t12-/m1/s1. The van der Waals surface area contributed by atoms with E-state index in [1.807, 2.05) is 4.90 Å². The zero-order chi connectivity index (χ0) is 13.4. The van der Waals surface area contributed by atoms with E-state index in [-0.39, 0.29) is 17.8 Å². The highest BCUT2D eigenvalue weighted by molar-refractivity contribution is 9.09. The number of carbonyl (C=O) groups excluding carboxylic acids is 1. The normalized spacial score (nSPS) is 22.4. The number of hydrogen-bond acceptors (Lipinski definition) is 2. The Bertz CT molecular complexity index is 504. The third-order valence-corrected chi connectivity index (χ3v) is 4.25. The van der Waals surface area contributed by atoms with E-state index in [2.05, 4.69) is 15.9 Å². The van der Waals surface area contributed by atoms with Crippen LogP contribution in [0.2, 0.25) is 0 Å². The van der Waals surface area contributed by atoms with Crippen molar-refractivity contribution in [1.29, 1.82) is 0 Å². The number of carbonyl (C=O) groups is 1. The van der Waals surface area contributed by atoms with Crippen LogP contribution in [0.4, 0.5) is 4.39 Å². The van der Waals surface area contributed by atoms with Gasteiger partial charge in [0.1, 0.15) is 18.2 Å². The first-order chi connectivity index (χ1) is 9.19. The van der Waals surface area contributed by atoms with Crippen LogP contribution in [0.5, 0.6) is 5.75 Å². The highest BCUT2D eigenvalue weighted by Crippen LogP contribution is 2.38. The molecule has 1 amide bonds. The Labute approximate surface area is 119 Å². The Kier molecular flexibility index (Phi) is 3.48. The molecule has 102 valence electrons. The van der Waals surface area contributed by atoms with Crippen molar-refractivity contribution in [2.45, 2.75) is 25.4 Å². The van der Waals surface area contributed by atoms with E-state index >= 15 is 0 Å². The summed E-state index contributed by atoms with van der Waals surface area (Å²) in [6.07, 6.45) is 2.29. The molecule has 1 aromatic carbocycles. The summed E-state index contributed by atoms with van der Waals surface area (Å²) in [5, 5.41) is 0.293. The van der Waals surface area contributed by atoms with Crippen LogP contribution in [0, 0.1) is 11.7 Å². The van der Waals surface area contributed by atoms with Gasteiger partial charge in [0.15, 0.2) is 0 Å². The lowest BCUT2D eigenvalue weighted by Crippen LogP contribution is -2.43. The fraction of sp³-hybridized carbons (Fsp3) is 0.500. The number of hydrogen-bond donors (Lipinski definition) is 0. The minimum absolute atomic E-state index is 0.0395. The van der Waals surface area contributed by atoms with Crippen LogP contribution in [-0.4, -0.2) is 28.8 Å². The van der Waals surface area contributed by atoms with Crippen molar-refractivity contribution in [2.75, 3.05) is 11.9 Å². The van der Waals surface area contributed by atoms with E-state index < -0.39 is 0 Å². The van der Waals surface area contributed by atoms with Gasteiger partial charge in [-0.05, 0) is 37.0 Å². The van der Waals surface area contributed by atoms with Crippen molar-refractivity contribution in [3.8, 4) is 5.75 Å². The van der Waals surface area contributed by atoms with Crippen molar-refractivity contribution in [3.05, 3.63) is 29.6 Å². The van der Waals surface area contributed by atoms with E-state index in [9.17, 15) is 9.18 Å².